The monoisotopic (exact) mass is 516 g/mol. The van der Waals surface area contributed by atoms with Crippen molar-refractivity contribution in [2.45, 2.75) is 6.92 Å². The van der Waals surface area contributed by atoms with Crippen molar-refractivity contribution < 1.29 is 19.1 Å². The molecule has 3 aromatic carbocycles. The maximum absolute atomic E-state index is 12.9. The summed E-state index contributed by atoms with van der Waals surface area (Å²) < 4.78 is 12.3. The zero-order valence-electron chi connectivity index (χ0n) is 16.2. The highest BCUT2D eigenvalue weighted by Gasteiger charge is 2.30. The first-order chi connectivity index (χ1) is 14.8. The molecule has 0 amide bonds. The smallest absolute Gasteiger partial charge is 0.232 e. The van der Waals surface area contributed by atoms with Crippen molar-refractivity contribution in [2.75, 3.05) is 6.61 Å². The summed E-state index contributed by atoms with van der Waals surface area (Å²) in [6.07, 6.45) is 1.53. The van der Waals surface area contributed by atoms with Gasteiger partial charge in [-0.1, -0.05) is 57.3 Å². The zero-order chi connectivity index (χ0) is 22.1. The SMILES string of the molecule is Cc1cc(OCC(=O)c2ccc(Br)cc2)cc2c1C(=O)/C(=C/c1c(Cl)cccc1Cl)O2. The highest BCUT2D eigenvalue weighted by Crippen LogP contribution is 2.38. The van der Waals surface area contributed by atoms with Gasteiger partial charge in [0, 0.05) is 31.7 Å². The molecule has 0 aliphatic carbocycles. The van der Waals surface area contributed by atoms with Crippen molar-refractivity contribution in [3.8, 4) is 11.5 Å². The molecule has 0 bridgehead atoms. The number of ether oxygens (including phenoxy) is 2. The topological polar surface area (TPSA) is 52.6 Å². The Balaban J connectivity index is 1.55. The average molecular weight is 518 g/mol. The van der Waals surface area contributed by atoms with E-state index < -0.39 is 0 Å². The first kappa shape index (κ1) is 21.6. The predicted octanol–water partition coefficient (Wildman–Crippen LogP) is 6.94. The van der Waals surface area contributed by atoms with Gasteiger partial charge in [0.1, 0.15) is 11.5 Å². The molecule has 1 heterocycles. The lowest BCUT2D eigenvalue weighted by atomic mass is 10.0. The van der Waals surface area contributed by atoms with Gasteiger partial charge in [0.05, 0.1) is 5.56 Å². The van der Waals surface area contributed by atoms with Crippen molar-refractivity contribution in [3.63, 3.8) is 0 Å². The number of hydrogen-bond donors (Lipinski definition) is 0. The number of hydrogen-bond acceptors (Lipinski definition) is 4. The fourth-order valence-electron chi connectivity index (χ4n) is 3.21. The Morgan fingerprint density at radius 1 is 1.10 bits per heavy atom. The fourth-order valence-corrected chi connectivity index (χ4v) is 3.98. The number of fused-ring (bicyclic) bond motifs is 1. The number of halogens is 3. The van der Waals surface area contributed by atoms with Gasteiger partial charge >= 0.3 is 0 Å². The molecule has 156 valence electrons. The second kappa shape index (κ2) is 8.87. The molecule has 4 nitrogen and oxygen atoms in total. The van der Waals surface area contributed by atoms with Crippen molar-refractivity contribution in [2.24, 2.45) is 0 Å². The highest BCUT2D eigenvalue weighted by molar-refractivity contribution is 9.10. The Morgan fingerprint density at radius 2 is 1.77 bits per heavy atom. The number of carbonyl (C=O) groups excluding carboxylic acids is 2. The van der Waals surface area contributed by atoms with Crippen LogP contribution in [0.2, 0.25) is 10.0 Å². The minimum absolute atomic E-state index is 0.121. The summed E-state index contributed by atoms with van der Waals surface area (Å²) in [7, 11) is 0. The van der Waals surface area contributed by atoms with Gasteiger partial charge < -0.3 is 9.47 Å². The lowest BCUT2D eigenvalue weighted by Gasteiger charge is -2.09. The molecule has 0 saturated carbocycles. The van der Waals surface area contributed by atoms with Crippen LogP contribution in [-0.4, -0.2) is 18.2 Å². The van der Waals surface area contributed by atoms with E-state index in [1.54, 1.807) is 61.5 Å². The van der Waals surface area contributed by atoms with E-state index in [1.165, 1.54) is 6.08 Å². The molecule has 31 heavy (non-hydrogen) atoms. The van der Waals surface area contributed by atoms with Gasteiger partial charge in [0.15, 0.2) is 18.1 Å². The van der Waals surface area contributed by atoms with E-state index in [0.717, 1.165) is 4.47 Å². The molecule has 0 unspecified atom stereocenters. The Bertz CT molecular complexity index is 1210. The second-order valence-corrected chi connectivity index (χ2v) is 8.64. The molecule has 0 atom stereocenters. The van der Waals surface area contributed by atoms with Gasteiger partial charge in [-0.15, -0.1) is 0 Å². The Morgan fingerprint density at radius 3 is 2.45 bits per heavy atom. The van der Waals surface area contributed by atoms with Crippen molar-refractivity contribution in [1.82, 2.24) is 0 Å². The molecule has 0 saturated heterocycles. The molecule has 0 fully saturated rings. The summed E-state index contributed by atoms with van der Waals surface area (Å²) >= 11 is 15.7. The van der Waals surface area contributed by atoms with E-state index in [2.05, 4.69) is 15.9 Å². The van der Waals surface area contributed by atoms with Gasteiger partial charge in [0.25, 0.3) is 0 Å². The molecular formula is C24H15BrCl2O4. The molecule has 7 heteroatoms. The summed E-state index contributed by atoms with van der Waals surface area (Å²) in [6.45, 7) is 1.65. The van der Waals surface area contributed by atoms with E-state index in [-0.39, 0.29) is 23.9 Å². The van der Waals surface area contributed by atoms with E-state index >= 15 is 0 Å². The number of allylic oxidation sites excluding steroid dienone is 1. The van der Waals surface area contributed by atoms with Crippen molar-refractivity contribution in [3.05, 3.63) is 97.1 Å². The molecule has 0 aromatic heterocycles. The first-order valence-electron chi connectivity index (χ1n) is 9.28. The average Bonchev–Trinajstić information content (AvgIpc) is 3.05. The normalized spacial score (nSPS) is 13.8. The van der Waals surface area contributed by atoms with Gasteiger partial charge in [-0.3, -0.25) is 9.59 Å². The van der Waals surface area contributed by atoms with Crippen LogP contribution in [0.1, 0.15) is 31.8 Å². The van der Waals surface area contributed by atoms with Gasteiger partial charge in [-0.2, -0.15) is 0 Å². The number of carbonyl (C=O) groups is 2. The van der Waals surface area contributed by atoms with Crippen LogP contribution in [0.3, 0.4) is 0 Å². The van der Waals surface area contributed by atoms with Crippen LogP contribution < -0.4 is 9.47 Å². The fraction of sp³-hybridized carbons (Fsp3) is 0.0833. The Hall–Kier alpha value is -2.60. The number of aryl methyl sites for hydroxylation is 1. The number of Topliss-reactive ketones (excluding diaryl/α,β-unsaturated/α-hetero) is 2. The lowest BCUT2D eigenvalue weighted by molar-refractivity contribution is 0.0920. The Kier molecular flexibility index (Phi) is 6.19. The van der Waals surface area contributed by atoms with Gasteiger partial charge in [-0.05, 0) is 48.9 Å². The third-order valence-electron chi connectivity index (χ3n) is 4.75. The third-order valence-corrected chi connectivity index (χ3v) is 5.94. The molecule has 1 aliphatic heterocycles. The van der Waals surface area contributed by atoms with Crippen LogP contribution in [0.15, 0.2) is 64.8 Å². The van der Waals surface area contributed by atoms with Crippen LogP contribution in [0.5, 0.6) is 11.5 Å². The minimum Gasteiger partial charge on any atom is -0.485 e. The number of rotatable bonds is 5. The summed E-state index contributed by atoms with van der Waals surface area (Å²) in [4.78, 5) is 25.2. The highest BCUT2D eigenvalue weighted by atomic mass is 79.9. The summed E-state index contributed by atoms with van der Waals surface area (Å²) in [6, 6.07) is 15.5. The van der Waals surface area contributed by atoms with E-state index in [0.29, 0.717) is 43.8 Å². The van der Waals surface area contributed by atoms with Gasteiger partial charge in [0.2, 0.25) is 5.78 Å². The minimum atomic E-state index is -0.263. The Labute approximate surface area is 197 Å². The molecule has 0 N–H and O–H groups in total. The van der Waals surface area contributed by atoms with Gasteiger partial charge in [-0.25, -0.2) is 0 Å². The lowest BCUT2D eigenvalue weighted by Crippen LogP contribution is -2.11. The van der Waals surface area contributed by atoms with Crippen LogP contribution in [0.4, 0.5) is 0 Å². The largest absolute Gasteiger partial charge is 0.485 e. The van der Waals surface area contributed by atoms with Crippen LogP contribution >= 0.6 is 39.1 Å². The van der Waals surface area contributed by atoms with Crippen molar-refractivity contribution in [1.29, 1.82) is 0 Å². The molecule has 3 aromatic rings. The first-order valence-corrected chi connectivity index (χ1v) is 10.8. The summed E-state index contributed by atoms with van der Waals surface area (Å²) in [5.74, 6) is 0.505. The molecule has 0 radical (unpaired) electrons. The van der Waals surface area contributed by atoms with Crippen molar-refractivity contribution >= 4 is 56.8 Å². The van der Waals surface area contributed by atoms with E-state index in [4.69, 9.17) is 32.7 Å². The predicted molar refractivity (Wildman–Crippen MR) is 125 cm³/mol. The third kappa shape index (κ3) is 4.54. The molecule has 1 aliphatic rings. The maximum atomic E-state index is 12.9. The summed E-state index contributed by atoms with van der Waals surface area (Å²) in [5.41, 5.74) is 2.19. The van der Waals surface area contributed by atoms with Crippen LogP contribution in [-0.2, 0) is 0 Å². The maximum Gasteiger partial charge on any atom is 0.232 e. The quantitative estimate of drug-likeness (QED) is 0.271. The second-order valence-electron chi connectivity index (χ2n) is 6.91. The van der Waals surface area contributed by atoms with Crippen LogP contribution in [0.25, 0.3) is 6.08 Å². The summed E-state index contributed by atoms with van der Waals surface area (Å²) in [5, 5.41) is 0.833. The number of ketones is 2. The van der Waals surface area contributed by atoms with Crippen LogP contribution in [0, 0.1) is 6.92 Å². The molecular weight excluding hydrogens is 503 g/mol. The zero-order valence-corrected chi connectivity index (χ0v) is 19.3. The standard InChI is InChI=1S/C24H15BrCl2O4/c1-13-9-16(30-12-20(28)14-5-7-15(25)8-6-14)10-21-23(13)24(29)22(31-21)11-17-18(26)3-2-4-19(17)27/h2-11H,12H2,1H3/b22-11-. The van der Waals surface area contributed by atoms with E-state index in [1.807, 2.05) is 0 Å². The molecule has 4 rings (SSSR count). The molecule has 0 spiro atoms. The number of benzene rings is 3. The van der Waals surface area contributed by atoms with E-state index in [9.17, 15) is 9.59 Å².